The average molecular weight is 407 g/mol. The first-order chi connectivity index (χ1) is 13.6. The Morgan fingerprint density at radius 1 is 0.929 bits per heavy atom. The van der Waals surface area contributed by atoms with E-state index >= 15 is 0 Å². The fraction of sp³-hybridized carbons (Fsp3) is 0.680. The number of unbranched alkanes of at least 4 members (excludes halogenated alkanes) is 1. The second kappa shape index (κ2) is 8.86. The normalized spacial score (nSPS) is 35.6. The minimum atomic E-state index is -0.614. The molecule has 0 heterocycles. The Hall–Kier alpha value is -0.890. The molecule has 3 fully saturated rings. The predicted octanol–water partition coefficient (Wildman–Crippen LogP) is 8.30. The summed E-state index contributed by atoms with van der Waals surface area (Å²) in [6, 6.07) is 2.94. The molecule has 1 aromatic rings. The van der Waals surface area contributed by atoms with Crippen molar-refractivity contribution in [2.75, 3.05) is 0 Å². The molecular weight excluding hydrogens is 374 g/mol. The van der Waals surface area contributed by atoms with Gasteiger partial charge in [-0.25, -0.2) is 8.78 Å². The Labute approximate surface area is 173 Å². The molecule has 0 N–H and O–H groups in total. The Bertz CT molecular complexity index is 689. The van der Waals surface area contributed by atoms with E-state index in [1.165, 1.54) is 63.5 Å². The summed E-state index contributed by atoms with van der Waals surface area (Å²) in [4.78, 5) is 0. The van der Waals surface area contributed by atoms with E-state index in [0.29, 0.717) is 0 Å². The highest BCUT2D eigenvalue weighted by atomic mass is 35.5. The van der Waals surface area contributed by atoms with Crippen LogP contribution in [0.4, 0.5) is 8.78 Å². The molecule has 0 radical (unpaired) electrons. The predicted molar refractivity (Wildman–Crippen MR) is 113 cm³/mol. The first kappa shape index (κ1) is 20.4. The summed E-state index contributed by atoms with van der Waals surface area (Å²) in [5.41, 5.74) is 0.810. The number of hydrogen-bond acceptors (Lipinski definition) is 0. The van der Waals surface area contributed by atoms with Gasteiger partial charge in [0.15, 0.2) is 0 Å². The highest BCUT2D eigenvalue weighted by Crippen LogP contribution is 2.55. The zero-order valence-electron chi connectivity index (χ0n) is 17.0. The van der Waals surface area contributed by atoms with E-state index < -0.39 is 11.6 Å². The molecule has 4 rings (SSSR count). The second-order valence-corrected chi connectivity index (χ2v) is 9.90. The molecule has 0 nitrogen and oxygen atoms in total. The minimum Gasteiger partial charge on any atom is -0.205 e. The van der Waals surface area contributed by atoms with Crippen molar-refractivity contribution in [3.05, 3.63) is 46.5 Å². The van der Waals surface area contributed by atoms with Crippen LogP contribution >= 0.6 is 11.6 Å². The van der Waals surface area contributed by atoms with Gasteiger partial charge in [-0.05, 0) is 111 Å². The lowest BCUT2D eigenvalue weighted by atomic mass is 9.55. The van der Waals surface area contributed by atoms with Crippen molar-refractivity contribution >= 4 is 11.6 Å². The largest absolute Gasteiger partial charge is 0.205 e. The molecule has 0 spiro atoms. The number of halogens is 3. The Morgan fingerprint density at radius 2 is 1.57 bits per heavy atom. The van der Waals surface area contributed by atoms with E-state index in [1.54, 1.807) is 0 Å². The molecule has 0 bridgehead atoms. The van der Waals surface area contributed by atoms with Crippen LogP contribution in [0.3, 0.4) is 0 Å². The average Bonchev–Trinajstić information content (AvgIpc) is 2.71. The van der Waals surface area contributed by atoms with Crippen LogP contribution in [0.2, 0.25) is 5.02 Å². The van der Waals surface area contributed by atoms with Gasteiger partial charge in [-0.15, -0.1) is 0 Å². The quantitative estimate of drug-likeness (QED) is 0.348. The maximum atomic E-state index is 13.9. The summed E-state index contributed by atoms with van der Waals surface area (Å²) >= 11 is 5.67. The van der Waals surface area contributed by atoms with E-state index in [9.17, 15) is 8.78 Å². The smallest absolute Gasteiger partial charge is 0.145 e. The van der Waals surface area contributed by atoms with Crippen LogP contribution in [0.25, 0.3) is 0 Å². The molecule has 1 aromatic carbocycles. The first-order valence-electron chi connectivity index (χ1n) is 11.4. The molecule has 0 amide bonds. The molecule has 3 saturated carbocycles. The van der Waals surface area contributed by atoms with Gasteiger partial charge in [-0.3, -0.25) is 0 Å². The Kier molecular flexibility index (Phi) is 6.45. The molecule has 0 aromatic heterocycles. The Morgan fingerprint density at radius 3 is 2.25 bits per heavy atom. The zero-order chi connectivity index (χ0) is 19.7. The van der Waals surface area contributed by atoms with E-state index in [0.717, 1.165) is 48.0 Å². The van der Waals surface area contributed by atoms with Gasteiger partial charge in [0.2, 0.25) is 0 Å². The summed E-state index contributed by atoms with van der Waals surface area (Å²) in [5.74, 6) is 3.19. The van der Waals surface area contributed by atoms with Gasteiger partial charge in [0, 0.05) is 0 Å². The number of fused-ring (bicyclic) bond motifs is 3. The van der Waals surface area contributed by atoms with Gasteiger partial charge in [-0.1, -0.05) is 37.1 Å². The van der Waals surface area contributed by atoms with Crippen LogP contribution < -0.4 is 0 Å². The van der Waals surface area contributed by atoms with Gasteiger partial charge in [0.05, 0.1) is 0 Å². The standard InChI is InChI=1S/C25H33ClF2/c1-2-3-4-5-16-6-10-21-18(12-16)7-8-19-13-17(9-11-22(19)21)20-14-23(27)25(26)24(28)15-20/h4-5,14-19,21-22H,2-3,6-13H2,1H3/t16-,17-,18-,19+,21+,22+/m1/s1. The SMILES string of the molecule is CCCC=C[C@@H]1CC[C@H]2[C@H](CC[C@H]3C[C@H](c4cc(F)c(Cl)c(F)c4)CC[C@@H]32)C1. The van der Waals surface area contributed by atoms with E-state index in [1.807, 2.05) is 0 Å². The summed E-state index contributed by atoms with van der Waals surface area (Å²) in [6.07, 6.45) is 17.5. The molecule has 0 aliphatic heterocycles. The summed E-state index contributed by atoms with van der Waals surface area (Å²) in [7, 11) is 0. The molecule has 3 aliphatic carbocycles. The molecule has 6 atom stereocenters. The number of benzene rings is 1. The van der Waals surface area contributed by atoms with Gasteiger partial charge in [0.25, 0.3) is 0 Å². The molecule has 28 heavy (non-hydrogen) atoms. The molecule has 0 unspecified atom stereocenters. The lowest BCUT2D eigenvalue weighted by molar-refractivity contribution is 0.0127. The first-order valence-corrected chi connectivity index (χ1v) is 11.8. The maximum Gasteiger partial charge on any atom is 0.145 e. The third kappa shape index (κ3) is 4.18. The molecule has 0 saturated heterocycles. The van der Waals surface area contributed by atoms with Crippen molar-refractivity contribution in [2.24, 2.45) is 29.6 Å². The Balaban J connectivity index is 1.39. The van der Waals surface area contributed by atoms with Crippen LogP contribution in [0.1, 0.15) is 82.6 Å². The van der Waals surface area contributed by atoms with Gasteiger partial charge < -0.3 is 0 Å². The fourth-order valence-electron chi connectivity index (χ4n) is 6.57. The van der Waals surface area contributed by atoms with Gasteiger partial charge in [-0.2, -0.15) is 0 Å². The van der Waals surface area contributed by atoms with Crippen LogP contribution in [0, 0.1) is 41.2 Å². The van der Waals surface area contributed by atoms with Crippen molar-refractivity contribution in [3.8, 4) is 0 Å². The maximum absolute atomic E-state index is 13.9. The summed E-state index contributed by atoms with van der Waals surface area (Å²) in [6.45, 7) is 2.24. The van der Waals surface area contributed by atoms with Gasteiger partial charge in [0.1, 0.15) is 16.7 Å². The van der Waals surface area contributed by atoms with Crippen molar-refractivity contribution in [3.63, 3.8) is 0 Å². The van der Waals surface area contributed by atoms with E-state index in [2.05, 4.69) is 19.1 Å². The summed E-state index contributed by atoms with van der Waals surface area (Å²) < 4.78 is 27.8. The number of hydrogen-bond donors (Lipinski definition) is 0. The minimum absolute atomic E-state index is 0.285. The van der Waals surface area contributed by atoms with Crippen LogP contribution in [0.5, 0.6) is 0 Å². The monoisotopic (exact) mass is 406 g/mol. The van der Waals surface area contributed by atoms with Crippen LogP contribution in [-0.4, -0.2) is 0 Å². The number of rotatable bonds is 4. The van der Waals surface area contributed by atoms with Crippen LogP contribution in [-0.2, 0) is 0 Å². The molecule has 154 valence electrons. The van der Waals surface area contributed by atoms with Gasteiger partial charge >= 0.3 is 0 Å². The third-order valence-corrected chi connectivity index (χ3v) is 8.28. The topological polar surface area (TPSA) is 0 Å². The van der Waals surface area contributed by atoms with Crippen molar-refractivity contribution in [1.82, 2.24) is 0 Å². The van der Waals surface area contributed by atoms with E-state index in [-0.39, 0.29) is 10.9 Å². The summed E-state index contributed by atoms with van der Waals surface area (Å²) in [5, 5.41) is -0.373. The highest BCUT2D eigenvalue weighted by molar-refractivity contribution is 6.30. The molecule has 3 heteroatoms. The van der Waals surface area contributed by atoms with Crippen molar-refractivity contribution in [1.29, 1.82) is 0 Å². The lowest BCUT2D eigenvalue weighted by Gasteiger charge is -2.50. The molecule has 3 aliphatic rings. The van der Waals surface area contributed by atoms with Crippen LogP contribution in [0.15, 0.2) is 24.3 Å². The lowest BCUT2D eigenvalue weighted by Crippen LogP contribution is -2.41. The zero-order valence-corrected chi connectivity index (χ0v) is 17.7. The van der Waals surface area contributed by atoms with Crippen molar-refractivity contribution < 1.29 is 8.78 Å². The number of allylic oxidation sites excluding steroid dienone is 2. The molecular formula is C25H33ClF2. The van der Waals surface area contributed by atoms with Crippen molar-refractivity contribution in [2.45, 2.75) is 77.0 Å². The highest BCUT2D eigenvalue weighted by Gasteiger charge is 2.44. The fourth-order valence-corrected chi connectivity index (χ4v) is 6.68. The second-order valence-electron chi connectivity index (χ2n) is 9.52. The third-order valence-electron chi connectivity index (χ3n) is 7.92. The van der Waals surface area contributed by atoms with E-state index in [4.69, 9.17) is 11.6 Å².